The number of carbonyl (C=O) groups excluding carboxylic acids is 1. The molecule has 0 spiro atoms. The van der Waals surface area contributed by atoms with Gasteiger partial charge in [-0.3, -0.25) is 9.78 Å². The molecule has 2 aromatic heterocycles. The van der Waals surface area contributed by atoms with E-state index in [4.69, 9.17) is 0 Å². The average Bonchev–Trinajstić information content (AvgIpc) is 3.10. The van der Waals surface area contributed by atoms with Crippen molar-refractivity contribution in [1.29, 1.82) is 0 Å². The zero-order valence-corrected chi connectivity index (χ0v) is 13.5. The Labute approximate surface area is 142 Å². The predicted molar refractivity (Wildman–Crippen MR) is 88.5 cm³/mol. The molecule has 0 unspecified atom stereocenters. The van der Waals surface area contributed by atoms with Gasteiger partial charge in [-0.05, 0) is 52.7 Å². The molecule has 0 aliphatic carbocycles. The summed E-state index contributed by atoms with van der Waals surface area (Å²) in [5.41, 5.74) is 1.82. The Morgan fingerprint density at radius 2 is 1.96 bits per heavy atom. The van der Waals surface area contributed by atoms with Crippen LogP contribution in [0.5, 0.6) is 0 Å². The highest BCUT2D eigenvalue weighted by atomic mass is 32.1. The molecule has 1 amide bonds. The normalized spacial score (nSPS) is 10.6. The lowest BCUT2D eigenvalue weighted by molar-refractivity contribution is 0.0727. The number of carbonyl (C=O) groups is 1. The summed E-state index contributed by atoms with van der Waals surface area (Å²) in [5.74, 6) is -2.37. The maximum atomic E-state index is 13.5. The van der Waals surface area contributed by atoms with Gasteiger partial charge in [0.2, 0.25) is 0 Å². The van der Waals surface area contributed by atoms with E-state index in [0.29, 0.717) is 6.54 Å². The Kier molecular flexibility index (Phi) is 4.96. The minimum atomic E-state index is -1.03. The number of rotatable bonds is 5. The first-order chi connectivity index (χ1) is 11.6. The van der Waals surface area contributed by atoms with Crippen LogP contribution in [0.2, 0.25) is 0 Å². The van der Waals surface area contributed by atoms with Crippen LogP contribution in [-0.4, -0.2) is 15.8 Å². The molecule has 3 aromatic rings. The van der Waals surface area contributed by atoms with Crippen LogP contribution >= 0.6 is 11.3 Å². The van der Waals surface area contributed by atoms with Crippen LogP contribution in [0, 0.1) is 11.6 Å². The number of nitrogens with zero attached hydrogens (tertiary/aromatic N) is 2. The first kappa shape index (κ1) is 16.3. The van der Waals surface area contributed by atoms with Gasteiger partial charge >= 0.3 is 0 Å². The van der Waals surface area contributed by atoms with Crippen molar-refractivity contribution in [3.8, 4) is 0 Å². The molecule has 0 saturated carbocycles. The number of thiophene rings is 1. The van der Waals surface area contributed by atoms with Crippen LogP contribution in [0.25, 0.3) is 0 Å². The zero-order valence-electron chi connectivity index (χ0n) is 12.7. The van der Waals surface area contributed by atoms with Crippen molar-refractivity contribution in [2.24, 2.45) is 0 Å². The fraction of sp³-hybridized carbons (Fsp3) is 0.111. The first-order valence-corrected chi connectivity index (χ1v) is 8.23. The second-order valence-electron chi connectivity index (χ2n) is 5.24. The highest BCUT2D eigenvalue weighted by molar-refractivity contribution is 7.07. The molecule has 0 saturated heterocycles. The molecule has 0 aliphatic heterocycles. The van der Waals surface area contributed by atoms with E-state index in [1.165, 1.54) is 17.4 Å². The van der Waals surface area contributed by atoms with Gasteiger partial charge in [0.1, 0.15) is 0 Å². The van der Waals surface area contributed by atoms with Crippen LogP contribution < -0.4 is 0 Å². The fourth-order valence-electron chi connectivity index (χ4n) is 2.30. The van der Waals surface area contributed by atoms with E-state index in [9.17, 15) is 13.6 Å². The Balaban J connectivity index is 1.87. The third-order valence-corrected chi connectivity index (χ3v) is 4.22. The number of benzene rings is 1. The SMILES string of the molecule is O=C(c1ccc(F)c(F)c1)N(Cc1ccsc1)Cc1ccccn1. The summed E-state index contributed by atoms with van der Waals surface area (Å²) in [6.45, 7) is 0.659. The molecule has 0 atom stereocenters. The van der Waals surface area contributed by atoms with Crippen LogP contribution in [0.15, 0.2) is 59.4 Å². The van der Waals surface area contributed by atoms with Crippen molar-refractivity contribution >= 4 is 17.2 Å². The Morgan fingerprint density at radius 3 is 2.62 bits per heavy atom. The summed E-state index contributed by atoms with van der Waals surface area (Å²) < 4.78 is 26.6. The summed E-state index contributed by atoms with van der Waals surface area (Å²) in [4.78, 5) is 18.5. The molecule has 0 fully saturated rings. The molecule has 0 bridgehead atoms. The molecule has 2 heterocycles. The Hall–Kier alpha value is -2.60. The van der Waals surface area contributed by atoms with Gasteiger partial charge in [-0.15, -0.1) is 0 Å². The van der Waals surface area contributed by atoms with Gasteiger partial charge in [-0.25, -0.2) is 8.78 Å². The Morgan fingerprint density at radius 1 is 1.08 bits per heavy atom. The van der Waals surface area contributed by atoms with Gasteiger partial charge in [0, 0.05) is 18.3 Å². The third kappa shape index (κ3) is 3.83. The highest BCUT2D eigenvalue weighted by Crippen LogP contribution is 2.17. The minimum Gasteiger partial charge on any atom is -0.328 e. The Bertz CT molecular complexity index is 822. The van der Waals surface area contributed by atoms with Crippen LogP contribution in [0.1, 0.15) is 21.6 Å². The molecular formula is C18H14F2N2OS. The first-order valence-electron chi connectivity index (χ1n) is 7.29. The van der Waals surface area contributed by atoms with Crippen molar-refractivity contribution < 1.29 is 13.6 Å². The van der Waals surface area contributed by atoms with Gasteiger partial charge in [-0.1, -0.05) is 6.07 Å². The van der Waals surface area contributed by atoms with Gasteiger partial charge in [-0.2, -0.15) is 11.3 Å². The van der Waals surface area contributed by atoms with Crippen molar-refractivity contribution in [2.75, 3.05) is 0 Å². The summed E-state index contributed by atoms with van der Waals surface area (Å²) >= 11 is 1.54. The summed E-state index contributed by atoms with van der Waals surface area (Å²) in [7, 11) is 0. The lowest BCUT2D eigenvalue weighted by Crippen LogP contribution is -2.30. The summed E-state index contributed by atoms with van der Waals surface area (Å²) in [6.07, 6.45) is 1.65. The topological polar surface area (TPSA) is 33.2 Å². The van der Waals surface area contributed by atoms with Gasteiger partial charge in [0.15, 0.2) is 11.6 Å². The van der Waals surface area contributed by atoms with E-state index in [2.05, 4.69) is 4.98 Å². The molecule has 0 N–H and O–H groups in total. The fourth-order valence-corrected chi connectivity index (χ4v) is 2.96. The van der Waals surface area contributed by atoms with Gasteiger partial charge in [0.25, 0.3) is 5.91 Å². The van der Waals surface area contributed by atoms with E-state index in [1.807, 2.05) is 29.0 Å². The van der Waals surface area contributed by atoms with Crippen molar-refractivity contribution in [3.05, 3.63) is 87.9 Å². The largest absolute Gasteiger partial charge is 0.328 e. The van der Waals surface area contributed by atoms with Crippen LogP contribution in [0.4, 0.5) is 8.78 Å². The van der Waals surface area contributed by atoms with E-state index in [-0.39, 0.29) is 18.0 Å². The maximum Gasteiger partial charge on any atom is 0.254 e. The lowest BCUT2D eigenvalue weighted by atomic mass is 10.1. The molecule has 24 heavy (non-hydrogen) atoms. The molecule has 1 aromatic carbocycles. The highest BCUT2D eigenvalue weighted by Gasteiger charge is 2.19. The standard InChI is InChI=1S/C18H14F2N2OS/c19-16-5-4-14(9-17(16)20)18(23)22(10-13-6-8-24-12-13)11-15-3-1-2-7-21-15/h1-9,12H,10-11H2. The number of aromatic nitrogens is 1. The van der Waals surface area contributed by atoms with E-state index < -0.39 is 11.6 Å². The van der Waals surface area contributed by atoms with Crippen LogP contribution in [0.3, 0.4) is 0 Å². The zero-order chi connectivity index (χ0) is 16.9. The second-order valence-corrected chi connectivity index (χ2v) is 6.02. The van der Waals surface area contributed by atoms with Gasteiger partial charge < -0.3 is 4.90 Å². The lowest BCUT2D eigenvalue weighted by Gasteiger charge is -2.22. The van der Waals surface area contributed by atoms with E-state index >= 15 is 0 Å². The third-order valence-electron chi connectivity index (χ3n) is 3.49. The number of pyridine rings is 1. The second kappa shape index (κ2) is 7.31. The van der Waals surface area contributed by atoms with Crippen LogP contribution in [-0.2, 0) is 13.1 Å². The van der Waals surface area contributed by atoms with E-state index in [1.54, 1.807) is 17.2 Å². The number of amides is 1. The monoisotopic (exact) mass is 344 g/mol. The molecule has 0 radical (unpaired) electrons. The summed E-state index contributed by atoms with van der Waals surface area (Å²) in [6, 6.07) is 10.6. The maximum absolute atomic E-state index is 13.5. The van der Waals surface area contributed by atoms with E-state index in [0.717, 1.165) is 23.4 Å². The minimum absolute atomic E-state index is 0.111. The number of halogens is 2. The number of hydrogen-bond acceptors (Lipinski definition) is 3. The van der Waals surface area contributed by atoms with Crippen molar-refractivity contribution in [3.63, 3.8) is 0 Å². The quantitative estimate of drug-likeness (QED) is 0.693. The summed E-state index contributed by atoms with van der Waals surface area (Å²) in [5, 5.41) is 3.88. The molecule has 3 rings (SSSR count). The van der Waals surface area contributed by atoms with Crippen molar-refractivity contribution in [2.45, 2.75) is 13.1 Å². The smallest absolute Gasteiger partial charge is 0.254 e. The molecule has 0 aliphatic rings. The predicted octanol–water partition coefficient (Wildman–Crippen LogP) is 4.26. The van der Waals surface area contributed by atoms with Crippen molar-refractivity contribution in [1.82, 2.24) is 9.88 Å². The van der Waals surface area contributed by atoms with Gasteiger partial charge in [0.05, 0.1) is 12.2 Å². The molecular weight excluding hydrogens is 330 g/mol. The molecule has 3 nitrogen and oxygen atoms in total. The number of hydrogen-bond donors (Lipinski definition) is 0. The molecule has 6 heteroatoms. The molecule has 122 valence electrons. The average molecular weight is 344 g/mol.